The van der Waals surface area contributed by atoms with Crippen molar-refractivity contribution in [3.05, 3.63) is 51.1 Å². The van der Waals surface area contributed by atoms with Crippen molar-refractivity contribution in [3.8, 4) is 11.6 Å². The molecule has 0 saturated heterocycles. The normalized spacial score (nSPS) is 10.7. The van der Waals surface area contributed by atoms with Gasteiger partial charge in [-0.25, -0.2) is 4.98 Å². The molecule has 0 fully saturated rings. The van der Waals surface area contributed by atoms with Gasteiger partial charge in [-0.1, -0.05) is 24.6 Å². The fraction of sp³-hybridized carbons (Fsp3) is 0.312. The molecule has 0 aliphatic heterocycles. The molecule has 1 N–H and O–H groups in total. The van der Waals surface area contributed by atoms with E-state index in [-0.39, 0.29) is 0 Å². The van der Waals surface area contributed by atoms with E-state index in [9.17, 15) is 0 Å². The molecule has 1 aromatic heterocycles. The van der Waals surface area contributed by atoms with Gasteiger partial charge in [0.25, 0.3) is 0 Å². The second kappa shape index (κ2) is 7.78. The van der Waals surface area contributed by atoms with Crippen LogP contribution in [0.2, 0.25) is 5.02 Å². The van der Waals surface area contributed by atoms with Crippen LogP contribution in [-0.4, -0.2) is 11.5 Å². The van der Waals surface area contributed by atoms with E-state index in [0.717, 1.165) is 28.6 Å². The van der Waals surface area contributed by atoms with Gasteiger partial charge in [0.15, 0.2) is 0 Å². The van der Waals surface area contributed by atoms with Crippen molar-refractivity contribution in [1.82, 2.24) is 10.3 Å². The Morgan fingerprint density at radius 3 is 2.86 bits per heavy atom. The van der Waals surface area contributed by atoms with Crippen molar-refractivity contribution < 1.29 is 4.74 Å². The first-order valence-electron chi connectivity index (χ1n) is 6.89. The average Bonchev–Trinajstić information content (AvgIpc) is 2.44. The van der Waals surface area contributed by atoms with E-state index in [0.29, 0.717) is 23.2 Å². The third-order valence-corrected chi connectivity index (χ3v) is 3.66. The zero-order valence-electron chi connectivity index (χ0n) is 12.1. The van der Waals surface area contributed by atoms with Crippen LogP contribution in [0.4, 0.5) is 0 Å². The number of benzene rings is 1. The number of nitrogens with one attached hydrogen (secondary N) is 1. The number of halogens is 2. The summed E-state index contributed by atoms with van der Waals surface area (Å²) < 4.78 is 6.81. The van der Waals surface area contributed by atoms with Crippen LogP contribution in [0.3, 0.4) is 0 Å². The Morgan fingerprint density at radius 2 is 2.14 bits per heavy atom. The van der Waals surface area contributed by atoms with Crippen LogP contribution in [-0.2, 0) is 6.54 Å². The van der Waals surface area contributed by atoms with Crippen LogP contribution < -0.4 is 10.1 Å². The summed E-state index contributed by atoms with van der Waals surface area (Å²) in [5, 5.41) is 3.94. The Hall–Kier alpha value is -1.10. The molecule has 1 heterocycles. The molecule has 0 unspecified atom stereocenters. The number of hydrogen-bond acceptors (Lipinski definition) is 3. The van der Waals surface area contributed by atoms with Crippen LogP contribution in [0.25, 0.3) is 0 Å². The Morgan fingerprint density at radius 1 is 1.33 bits per heavy atom. The lowest BCUT2D eigenvalue weighted by atomic mass is 10.2. The van der Waals surface area contributed by atoms with Crippen molar-refractivity contribution in [2.24, 2.45) is 0 Å². The number of hydrogen-bond donors (Lipinski definition) is 1. The minimum atomic E-state index is 0.576. The standard InChI is InChI=1S/C16H18BrClN2O/c1-3-6-19-9-12-8-13(17)10-20-16(12)21-15-5-4-11(2)7-14(15)18/h4-5,7-8,10,19H,3,6,9H2,1-2H3. The van der Waals surface area contributed by atoms with Crippen molar-refractivity contribution in [2.75, 3.05) is 6.54 Å². The largest absolute Gasteiger partial charge is 0.437 e. The molecule has 0 aliphatic carbocycles. The van der Waals surface area contributed by atoms with Gasteiger partial charge in [0.05, 0.1) is 5.02 Å². The zero-order chi connectivity index (χ0) is 15.2. The van der Waals surface area contributed by atoms with Gasteiger partial charge in [-0.15, -0.1) is 0 Å². The summed E-state index contributed by atoms with van der Waals surface area (Å²) in [5.74, 6) is 1.20. The molecule has 2 aromatic rings. The lowest BCUT2D eigenvalue weighted by Gasteiger charge is -2.12. The summed E-state index contributed by atoms with van der Waals surface area (Å²) in [7, 11) is 0. The summed E-state index contributed by atoms with van der Waals surface area (Å²) in [6.07, 6.45) is 2.81. The van der Waals surface area contributed by atoms with Gasteiger partial charge in [0.1, 0.15) is 5.75 Å². The van der Waals surface area contributed by atoms with Crippen LogP contribution in [0.5, 0.6) is 11.6 Å². The van der Waals surface area contributed by atoms with E-state index in [1.165, 1.54) is 0 Å². The summed E-state index contributed by atoms with van der Waals surface area (Å²) in [4.78, 5) is 4.35. The third kappa shape index (κ3) is 4.70. The summed E-state index contributed by atoms with van der Waals surface area (Å²) in [5.41, 5.74) is 2.09. The summed E-state index contributed by atoms with van der Waals surface area (Å²) in [6, 6.07) is 7.72. The van der Waals surface area contributed by atoms with Crippen LogP contribution in [0.15, 0.2) is 34.9 Å². The van der Waals surface area contributed by atoms with Crippen molar-refractivity contribution in [2.45, 2.75) is 26.8 Å². The van der Waals surface area contributed by atoms with Crippen LogP contribution in [0, 0.1) is 6.92 Å². The Balaban J connectivity index is 2.22. The minimum absolute atomic E-state index is 0.576. The number of aromatic nitrogens is 1. The van der Waals surface area contributed by atoms with Gasteiger partial charge < -0.3 is 10.1 Å². The Kier molecular flexibility index (Phi) is 6.03. The maximum absolute atomic E-state index is 6.21. The van der Waals surface area contributed by atoms with Crippen molar-refractivity contribution >= 4 is 27.5 Å². The maximum atomic E-state index is 6.21. The van der Waals surface area contributed by atoms with E-state index in [2.05, 4.69) is 33.2 Å². The maximum Gasteiger partial charge on any atom is 0.223 e. The second-order valence-electron chi connectivity index (χ2n) is 4.83. The highest BCUT2D eigenvalue weighted by atomic mass is 79.9. The van der Waals surface area contributed by atoms with E-state index in [1.807, 2.05) is 31.2 Å². The molecule has 0 aliphatic rings. The minimum Gasteiger partial charge on any atom is -0.437 e. The van der Waals surface area contributed by atoms with Gasteiger partial charge >= 0.3 is 0 Å². The quantitative estimate of drug-likeness (QED) is 0.719. The first-order chi connectivity index (χ1) is 10.1. The number of ether oxygens (including phenoxy) is 1. The fourth-order valence-corrected chi connectivity index (χ4v) is 2.53. The SMILES string of the molecule is CCCNCc1cc(Br)cnc1Oc1ccc(C)cc1Cl. The molecule has 0 spiro atoms. The summed E-state index contributed by atoms with van der Waals surface area (Å²) in [6.45, 7) is 5.79. The molecule has 0 bridgehead atoms. The lowest BCUT2D eigenvalue weighted by molar-refractivity contribution is 0.452. The first-order valence-corrected chi connectivity index (χ1v) is 8.06. The van der Waals surface area contributed by atoms with Gasteiger partial charge in [-0.2, -0.15) is 0 Å². The van der Waals surface area contributed by atoms with Crippen molar-refractivity contribution in [1.29, 1.82) is 0 Å². The van der Waals surface area contributed by atoms with Crippen molar-refractivity contribution in [3.63, 3.8) is 0 Å². The van der Waals surface area contributed by atoms with E-state index < -0.39 is 0 Å². The molecule has 0 atom stereocenters. The van der Waals surface area contributed by atoms with Gasteiger partial charge in [0, 0.05) is 22.8 Å². The predicted octanol–water partition coefficient (Wildman–Crippen LogP) is 5.10. The summed E-state index contributed by atoms with van der Waals surface area (Å²) >= 11 is 9.65. The van der Waals surface area contributed by atoms with E-state index in [4.69, 9.17) is 16.3 Å². The van der Waals surface area contributed by atoms with Gasteiger partial charge in [-0.3, -0.25) is 0 Å². The number of aryl methyl sites for hydroxylation is 1. The highest BCUT2D eigenvalue weighted by molar-refractivity contribution is 9.10. The highest BCUT2D eigenvalue weighted by Crippen LogP contribution is 2.31. The van der Waals surface area contributed by atoms with Gasteiger partial charge in [0.2, 0.25) is 5.88 Å². The smallest absolute Gasteiger partial charge is 0.223 e. The Labute approximate surface area is 138 Å². The zero-order valence-corrected chi connectivity index (χ0v) is 14.5. The van der Waals surface area contributed by atoms with Gasteiger partial charge in [-0.05, 0) is 59.6 Å². The highest BCUT2D eigenvalue weighted by Gasteiger charge is 2.10. The number of pyridine rings is 1. The number of rotatable bonds is 6. The molecule has 0 radical (unpaired) electrons. The molecular weight excluding hydrogens is 352 g/mol. The van der Waals surface area contributed by atoms with E-state index >= 15 is 0 Å². The number of nitrogens with zero attached hydrogens (tertiary/aromatic N) is 1. The molecule has 3 nitrogen and oxygen atoms in total. The molecule has 0 saturated carbocycles. The predicted molar refractivity (Wildman–Crippen MR) is 90.2 cm³/mol. The molecule has 112 valence electrons. The second-order valence-corrected chi connectivity index (χ2v) is 6.15. The first kappa shape index (κ1) is 16.3. The van der Waals surface area contributed by atoms with Crippen LogP contribution >= 0.6 is 27.5 Å². The molecule has 0 amide bonds. The fourth-order valence-electron chi connectivity index (χ4n) is 1.88. The third-order valence-electron chi connectivity index (χ3n) is 2.93. The molecule has 2 rings (SSSR count). The molecule has 1 aromatic carbocycles. The molecular formula is C16H18BrClN2O. The van der Waals surface area contributed by atoms with Crippen LogP contribution in [0.1, 0.15) is 24.5 Å². The van der Waals surface area contributed by atoms with E-state index in [1.54, 1.807) is 6.20 Å². The molecule has 21 heavy (non-hydrogen) atoms. The monoisotopic (exact) mass is 368 g/mol. The topological polar surface area (TPSA) is 34.2 Å². The Bertz CT molecular complexity index is 619. The average molecular weight is 370 g/mol. The molecule has 5 heteroatoms. The lowest BCUT2D eigenvalue weighted by Crippen LogP contribution is -2.14.